The highest BCUT2D eigenvalue weighted by atomic mass is 16.5. The minimum Gasteiger partial charge on any atom is -0.494 e. The Labute approximate surface area is 116 Å². The van der Waals surface area contributed by atoms with Gasteiger partial charge in [0.2, 0.25) is 0 Å². The van der Waals surface area contributed by atoms with E-state index in [1.807, 2.05) is 26.0 Å². The molecule has 0 spiro atoms. The van der Waals surface area contributed by atoms with Gasteiger partial charge in [0.1, 0.15) is 5.75 Å². The Kier molecular flexibility index (Phi) is 6.84. The number of nitrogens with two attached hydrogens (primary N) is 1. The first-order valence-corrected chi connectivity index (χ1v) is 6.77. The lowest BCUT2D eigenvalue weighted by Crippen LogP contribution is -2.23. The molecule has 0 bridgehead atoms. The van der Waals surface area contributed by atoms with Crippen molar-refractivity contribution in [3.8, 4) is 5.75 Å². The van der Waals surface area contributed by atoms with Crippen LogP contribution in [0.3, 0.4) is 0 Å². The van der Waals surface area contributed by atoms with Gasteiger partial charge in [0.25, 0.3) is 0 Å². The lowest BCUT2D eigenvalue weighted by atomic mass is 10.0. The molecule has 19 heavy (non-hydrogen) atoms. The van der Waals surface area contributed by atoms with E-state index < -0.39 is 0 Å². The average molecular weight is 266 g/mol. The Bertz CT molecular complexity index is 380. The van der Waals surface area contributed by atoms with Gasteiger partial charge in [-0.2, -0.15) is 0 Å². The summed E-state index contributed by atoms with van der Waals surface area (Å²) >= 11 is 0. The minimum absolute atomic E-state index is 0.0405. The zero-order valence-electron chi connectivity index (χ0n) is 12.5. The van der Waals surface area contributed by atoms with Crippen molar-refractivity contribution in [1.82, 2.24) is 4.90 Å². The van der Waals surface area contributed by atoms with Crippen LogP contribution in [0, 0.1) is 0 Å². The smallest absolute Gasteiger partial charge is 0.123 e. The van der Waals surface area contributed by atoms with E-state index >= 15 is 0 Å². The van der Waals surface area contributed by atoms with Crippen LogP contribution in [0.1, 0.15) is 31.0 Å². The molecule has 1 atom stereocenters. The molecule has 1 unspecified atom stereocenters. The number of rotatable bonds is 8. The van der Waals surface area contributed by atoms with E-state index in [-0.39, 0.29) is 6.04 Å². The van der Waals surface area contributed by atoms with Gasteiger partial charge in [0.05, 0.1) is 13.2 Å². The molecular formula is C15H26N2O2. The van der Waals surface area contributed by atoms with Gasteiger partial charge in [-0.25, -0.2) is 0 Å². The maximum Gasteiger partial charge on any atom is 0.123 e. The minimum atomic E-state index is 0.0405. The van der Waals surface area contributed by atoms with Crippen molar-refractivity contribution in [2.45, 2.75) is 26.4 Å². The third-order valence-corrected chi connectivity index (χ3v) is 3.03. The van der Waals surface area contributed by atoms with Gasteiger partial charge < -0.3 is 15.2 Å². The first-order valence-electron chi connectivity index (χ1n) is 6.77. The average Bonchev–Trinajstić information content (AvgIpc) is 2.38. The van der Waals surface area contributed by atoms with Crippen LogP contribution in [-0.2, 0) is 11.3 Å². The fourth-order valence-electron chi connectivity index (χ4n) is 1.92. The molecule has 0 radical (unpaired) electrons. The highest BCUT2D eigenvalue weighted by molar-refractivity contribution is 5.38. The molecule has 0 aliphatic heterocycles. The van der Waals surface area contributed by atoms with Gasteiger partial charge in [-0.3, -0.25) is 4.90 Å². The highest BCUT2D eigenvalue weighted by Gasteiger charge is 2.09. The van der Waals surface area contributed by atoms with Gasteiger partial charge in [0, 0.05) is 31.8 Å². The van der Waals surface area contributed by atoms with Gasteiger partial charge in [-0.1, -0.05) is 6.07 Å². The molecule has 0 aliphatic rings. The van der Waals surface area contributed by atoms with Crippen LogP contribution in [0.5, 0.6) is 5.75 Å². The Morgan fingerprint density at radius 1 is 1.37 bits per heavy atom. The van der Waals surface area contributed by atoms with Crippen LogP contribution in [0.25, 0.3) is 0 Å². The monoisotopic (exact) mass is 266 g/mol. The van der Waals surface area contributed by atoms with Crippen LogP contribution in [0.2, 0.25) is 0 Å². The second kappa shape index (κ2) is 8.15. The predicted octanol–water partition coefficient (Wildman–Crippen LogP) is 2.18. The summed E-state index contributed by atoms with van der Waals surface area (Å²) in [4.78, 5) is 2.21. The largest absolute Gasteiger partial charge is 0.494 e. The van der Waals surface area contributed by atoms with E-state index in [9.17, 15) is 0 Å². The number of hydrogen-bond acceptors (Lipinski definition) is 4. The van der Waals surface area contributed by atoms with Crippen molar-refractivity contribution < 1.29 is 9.47 Å². The second-order valence-corrected chi connectivity index (χ2v) is 4.82. The lowest BCUT2D eigenvalue weighted by molar-refractivity contribution is 0.158. The number of hydrogen-bond donors (Lipinski definition) is 1. The Morgan fingerprint density at radius 2 is 2.11 bits per heavy atom. The summed E-state index contributed by atoms with van der Waals surface area (Å²) in [5, 5.41) is 0. The maximum absolute atomic E-state index is 5.94. The van der Waals surface area contributed by atoms with Crippen LogP contribution >= 0.6 is 0 Å². The van der Waals surface area contributed by atoms with Gasteiger partial charge in [0.15, 0.2) is 0 Å². The summed E-state index contributed by atoms with van der Waals surface area (Å²) in [5.41, 5.74) is 8.26. The molecule has 0 fully saturated rings. The quantitative estimate of drug-likeness (QED) is 0.783. The van der Waals surface area contributed by atoms with Crippen LogP contribution in [0.15, 0.2) is 18.2 Å². The van der Waals surface area contributed by atoms with Gasteiger partial charge in [-0.15, -0.1) is 0 Å². The van der Waals surface area contributed by atoms with Crippen molar-refractivity contribution in [2.75, 3.05) is 33.9 Å². The van der Waals surface area contributed by atoms with Crippen LogP contribution in [0.4, 0.5) is 0 Å². The fraction of sp³-hybridized carbons (Fsp3) is 0.600. The Hall–Kier alpha value is -1.10. The van der Waals surface area contributed by atoms with Crippen molar-refractivity contribution in [2.24, 2.45) is 5.73 Å². The highest BCUT2D eigenvalue weighted by Crippen LogP contribution is 2.24. The normalized spacial score (nSPS) is 12.7. The molecule has 0 saturated heterocycles. The number of nitrogens with zero attached hydrogens (tertiary/aromatic N) is 1. The molecule has 4 nitrogen and oxygen atoms in total. The molecule has 0 aliphatic carbocycles. The fourth-order valence-corrected chi connectivity index (χ4v) is 1.92. The number of methoxy groups -OCH3 is 1. The third-order valence-electron chi connectivity index (χ3n) is 3.03. The van der Waals surface area contributed by atoms with E-state index in [4.69, 9.17) is 15.2 Å². The molecule has 0 saturated carbocycles. The SMILES string of the molecule is CCOc1ccc(C(C)N)cc1CN(C)CCOC. The van der Waals surface area contributed by atoms with E-state index in [0.717, 1.165) is 31.0 Å². The zero-order chi connectivity index (χ0) is 14.3. The van der Waals surface area contributed by atoms with Crippen molar-refractivity contribution in [3.05, 3.63) is 29.3 Å². The molecular weight excluding hydrogens is 240 g/mol. The topological polar surface area (TPSA) is 47.7 Å². The summed E-state index contributed by atoms with van der Waals surface area (Å²) in [6.45, 7) is 7.12. The molecule has 1 aromatic rings. The Morgan fingerprint density at radius 3 is 2.68 bits per heavy atom. The Balaban J connectivity index is 2.84. The summed E-state index contributed by atoms with van der Waals surface area (Å²) in [5.74, 6) is 0.941. The number of benzene rings is 1. The standard InChI is InChI=1S/C15H26N2O2/c1-5-19-15-7-6-13(12(2)16)10-14(15)11-17(3)8-9-18-4/h6-7,10,12H,5,8-9,11,16H2,1-4H3. The molecule has 108 valence electrons. The molecule has 0 amide bonds. The summed E-state index contributed by atoms with van der Waals surface area (Å²) < 4.78 is 10.8. The lowest BCUT2D eigenvalue weighted by Gasteiger charge is -2.20. The molecule has 4 heteroatoms. The second-order valence-electron chi connectivity index (χ2n) is 4.82. The number of likely N-dealkylation sites (N-methyl/N-ethyl adjacent to an activating group) is 1. The van der Waals surface area contributed by atoms with E-state index in [1.165, 1.54) is 5.56 Å². The molecule has 1 aromatic carbocycles. The summed E-state index contributed by atoms with van der Waals surface area (Å²) in [6.07, 6.45) is 0. The van der Waals surface area contributed by atoms with Crippen molar-refractivity contribution >= 4 is 0 Å². The van der Waals surface area contributed by atoms with E-state index in [1.54, 1.807) is 7.11 Å². The molecule has 1 rings (SSSR count). The first-order chi connectivity index (χ1) is 9.08. The van der Waals surface area contributed by atoms with Crippen LogP contribution < -0.4 is 10.5 Å². The van der Waals surface area contributed by atoms with Gasteiger partial charge >= 0.3 is 0 Å². The summed E-state index contributed by atoms with van der Waals surface area (Å²) in [7, 11) is 3.80. The predicted molar refractivity (Wildman–Crippen MR) is 78.4 cm³/mol. The molecule has 0 heterocycles. The maximum atomic E-state index is 5.94. The van der Waals surface area contributed by atoms with Crippen molar-refractivity contribution in [1.29, 1.82) is 0 Å². The zero-order valence-corrected chi connectivity index (χ0v) is 12.5. The van der Waals surface area contributed by atoms with Gasteiger partial charge in [-0.05, 0) is 38.6 Å². The van der Waals surface area contributed by atoms with Crippen molar-refractivity contribution in [3.63, 3.8) is 0 Å². The number of ether oxygens (including phenoxy) is 2. The third kappa shape index (κ3) is 5.19. The van der Waals surface area contributed by atoms with E-state index in [2.05, 4.69) is 18.0 Å². The molecule has 2 N–H and O–H groups in total. The van der Waals surface area contributed by atoms with E-state index in [0.29, 0.717) is 6.61 Å². The first kappa shape index (κ1) is 16.0. The summed E-state index contributed by atoms with van der Waals surface area (Å²) in [6, 6.07) is 6.23. The van der Waals surface area contributed by atoms with Crippen LogP contribution in [-0.4, -0.2) is 38.8 Å². The molecule has 0 aromatic heterocycles.